The number of nitriles is 1. The van der Waals surface area contributed by atoms with E-state index in [1.165, 1.54) is 6.08 Å². The fraction of sp³-hybridized carbons (Fsp3) is 0.0556. The molecule has 0 radical (unpaired) electrons. The standard InChI is InChI=1S/C18H15N3O/c19-12-17(10-4-8-15-6-2-1-3-7-15)18(22)21-14-16-9-5-11-20-13-16/h1-11,13H,14H2,(H,21,22)/b8-4+,17-10-. The first-order chi connectivity index (χ1) is 10.8. The lowest BCUT2D eigenvalue weighted by molar-refractivity contribution is -0.117. The third-order valence-electron chi connectivity index (χ3n) is 2.89. The average molecular weight is 289 g/mol. The molecule has 0 spiro atoms. The summed E-state index contributed by atoms with van der Waals surface area (Å²) in [6, 6.07) is 15.2. The molecule has 4 nitrogen and oxygen atoms in total. The predicted molar refractivity (Wildman–Crippen MR) is 85.3 cm³/mol. The molecule has 22 heavy (non-hydrogen) atoms. The summed E-state index contributed by atoms with van der Waals surface area (Å²) in [5.41, 5.74) is 1.95. The zero-order valence-electron chi connectivity index (χ0n) is 11.9. The van der Waals surface area contributed by atoms with Gasteiger partial charge in [0.25, 0.3) is 5.91 Å². The molecule has 0 aliphatic rings. The number of benzene rings is 1. The van der Waals surface area contributed by atoms with Crippen molar-refractivity contribution in [1.82, 2.24) is 10.3 Å². The normalized spacial score (nSPS) is 11.1. The molecular weight excluding hydrogens is 274 g/mol. The minimum atomic E-state index is -0.399. The number of nitrogens with one attached hydrogen (secondary N) is 1. The minimum absolute atomic E-state index is 0.0658. The van der Waals surface area contributed by atoms with E-state index in [9.17, 15) is 4.79 Å². The van der Waals surface area contributed by atoms with Crippen LogP contribution in [0.25, 0.3) is 6.08 Å². The molecule has 1 amide bonds. The summed E-state index contributed by atoms with van der Waals surface area (Å²) in [5.74, 6) is -0.399. The number of carbonyl (C=O) groups is 1. The monoisotopic (exact) mass is 289 g/mol. The lowest BCUT2D eigenvalue weighted by Gasteiger charge is -2.03. The molecule has 0 atom stereocenters. The van der Waals surface area contributed by atoms with Crippen LogP contribution in [0.5, 0.6) is 0 Å². The molecule has 4 heteroatoms. The molecule has 1 N–H and O–H groups in total. The first kappa shape index (κ1) is 15.2. The second-order valence-corrected chi connectivity index (χ2v) is 4.51. The van der Waals surface area contributed by atoms with Crippen LogP contribution in [0, 0.1) is 11.3 Å². The molecule has 0 saturated carbocycles. The number of hydrogen-bond donors (Lipinski definition) is 1. The Balaban J connectivity index is 1.95. The number of hydrogen-bond acceptors (Lipinski definition) is 3. The Labute approximate surface area is 129 Å². The van der Waals surface area contributed by atoms with Crippen molar-refractivity contribution in [3.63, 3.8) is 0 Å². The second kappa shape index (κ2) is 8.18. The Kier molecular flexibility index (Phi) is 5.65. The summed E-state index contributed by atoms with van der Waals surface area (Å²) in [6.07, 6.45) is 8.38. The van der Waals surface area contributed by atoms with Crippen LogP contribution in [0.15, 0.2) is 72.6 Å². The van der Waals surface area contributed by atoms with Gasteiger partial charge in [-0.25, -0.2) is 0 Å². The van der Waals surface area contributed by atoms with Crippen molar-refractivity contribution in [2.24, 2.45) is 0 Å². The molecule has 0 saturated heterocycles. The van der Waals surface area contributed by atoms with Crippen molar-refractivity contribution in [2.45, 2.75) is 6.54 Å². The van der Waals surface area contributed by atoms with Crippen molar-refractivity contribution in [1.29, 1.82) is 5.26 Å². The highest BCUT2D eigenvalue weighted by Gasteiger charge is 2.06. The topological polar surface area (TPSA) is 65.8 Å². The van der Waals surface area contributed by atoms with Crippen LogP contribution < -0.4 is 5.32 Å². The third kappa shape index (κ3) is 4.73. The van der Waals surface area contributed by atoms with E-state index in [0.29, 0.717) is 6.54 Å². The Morgan fingerprint density at radius 2 is 2.05 bits per heavy atom. The molecule has 2 aromatic rings. The molecule has 1 aromatic carbocycles. The van der Waals surface area contributed by atoms with Crippen LogP contribution >= 0.6 is 0 Å². The number of allylic oxidation sites excluding steroid dienone is 2. The van der Waals surface area contributed by atoms with Gasteiger partial charge in [0, 0.05) is 18.9 Å². The zero-order valence-corrected chi connectivity index (χ0v) is 11.9. The van der Waals surface area contributed by atoms with E-state index in [1.807, 2.05) is 48.5 Å². The van der Waals surface area contributed by atoms with Crippen molar-refractivity contribution in [2.75, 3.05) is 0 Å². The summed E-state index contributed by atoms with van der Waals surface area (Å²) < 4.78 is 0. The highest BCUT2D eigenvalue weighted by molar-refractivity contribution is 5.97. The van der Waals surface area contributed by atoms with Gasteiger partial charge in [-0.1, -0.05) is 48.6 Å². The van der Waals surface area contributed by atoms with E-state index < -0.39 is 5.91 Å². The van der Waals surface area contributed by atoms with E-state index in [2.05, 4.69) is 10.3 Å². The van der Waals surface area contributed by atoms with Crippen LogP contribution in [-0.2, 0) is 11.3 Å². The van der Waals surface area contributed by atoms with Crippen LogP contribution in [0.1, 0.15) is 11.1 Å². The predicted octanol–water partition coefficient (Wildman–Crippen LogP) is 2.86. The average Bonchev–Trinajstić information content (AvgIpc) is 2.58. The van der Waals surface area contributed by atoms with Crippen LogP contribution in [0.2, 0.25) is 0 Å². The molecule has 1 aromatic heterocycles. The second-order valence-electron chi connectivity index (χ2n) is 4.51. The van der Waals surface area contributed by atoms with E-state index in [-0.39, 0.29) is 5.57 Å². The Bertz CT molecular complexity index is 713. The molecule has 0 fully saturated rings. The lowest BCUT2D eigenvalue weighted by atomic mass is 10.2. The van der Waals surface area contributed by atoms with Gasteiger partial charge in [-0.15, -0.1) is 0 Å². The number of amides is 1. The van der Waals surface area contributed by atoms with Crippen LogP contribution in [0.4, 0.5) is 0 Å². The van der Waals surface area contributed by atoms with Crippen LogP contribution in [-0.4, -0.2) is 10.9 Å². The highest BCUT2D eigenvalue weighted by Crippen LogP contribution is 2.03. The van der Waals surface area contributed by atoms with Gasteiger partial charge in [0.15, 0.2) is 0 Å². The van der Waals surface area contributed by atoms with E-state index in [4.69, 9.17) is 5.26 Å². The number of pyridine rings is 1. The maximum absolute atomic E-state index is 11.9. The fourth-order valence-electron chi connectivity index (χ4n) is 1.76. The maximum Gasteiger partial charge on any atom is 0.262 e. The van der Waals surface area contributed by atoms with Gasteiger partial charge >= 0.3 is 0 Å². The SMILES string of the molecule is N#C/C(=C/C=C/c1ccccc1)C(=O)NCc1cccnc1. The van der Waals surface area contributed by atoms with Gasteiger partial charge < -0.3 is 5.32 Å². The van der Waals surface area contributed by atoms with Gasteiger partial charge in [0.2, 0.25) is 0 Å². The summed E-state index contributed by atoms with van der Waals surface area (Å²) in [7, 11) is 0. The van der Waals surface area contributed by atoms with Crippen molar-refractivity contribution >= 4 is 12.0 Å². The summed E-state index contributed by atoms with van der Waals surface area (Å²) in [5, 5.41) is 11.8. The van der Waals surface area contributed by atoms with E-state index in [1.54, 1.807) is 24.5 Å². The molecule has 0 aliphatic heterocycles. The number of rotatable bonds is 5. The van der Waals surface area contributed by atoms with Crippen molar-refractivity contribution in [3.05, 3.63) is 83.7 Å². The Morgan fingerprint density at radius 3 is 2.73 bits per heavy atom. The molecule has 108 valence electrons. The van der Waals surface area contributed by atoms with Gasteiger partial charge in [-0.05, 0) is 23.3 Å². The maximum atomic E-state index is 11.9. The quantitative estimate of drug-likeness (QED) is 0.523. The Morgan fingerprint density at radius 1 is 1.23 bits per heavy atom. The Hall–Kier alpha value is -3.19. The molecule has 0 aliphatic carbocycles. The van der Waals surface area contributed by atoms with Crippen LogP contribution in [0.3, 0.4) is 0 Å². The number of aromatic nitrogens is 1. The van der Waals surface area contributed by atoms with Gasteiger partial charge in [-0.3, -0.25) is 9.78 Å². The first-order valence-electron chi connectivity index (χ1n) is 6.80. The van der Waals surface area contributed by atoms with Gasteiger partial charge in [-0.2, -0.15) is 5.26 Å². The first-order valence-corrected chi connectivity index (χ1v) is 6.80. The van der Waals surface area contributed by atoms with E-state index in [0.717, 1.165) is 11.1 Å². The smallest absolute Gasteiger partial charge is 0.262 e. The van der Waals surface area contributed by atoms with Gasteiger partial charge in [0.05, 0.1) is 0 Å². The molecule has 0 bridgehead atoms. The summed E-state index contributed by atoms with van der Waals surface area (Å²) >= 11 is 0. The molecule has 1 heterocycles. The van der Waals surface area contributed by atoms with E-state index >= 15 is 0 Å². The zero-order chi connectivity index (χ0) is 15.6. The summed E-state index contributed by atoms with van der Waals surface area (Å²) in [6.45, 7) is 0.341. The molecule has 0 unspecified atom stereocenters. The minimum Gasteiger partial charge on any atom is -0.347 e. The lowest BCUT2D eigenvalue weighted by Crippen LogP contribution is -2.23. The largest absolute Gasteiger partial charge is 0.347 e. The fourth-order valence-corrected chi connectivity index (χ4v) is 1.76. The highest BCUT2D eigenvalue weighted by atomic mass is 16.1. The summed E-state index contributed by atoms with van der Waals surface area (Å²) in [4.78, 5) is 15.9. The number of carbonyl (C=O) groups excluding carboxylic acids is 1. The molecular formula is C18H15N3O. The van der Waals surface area contributed by atoms with Gasteiger partial charge in [0.1, 0.15) is 11.6 Å². The van der Waals surface area contributed by atoms with Crippen molar-refractivity contribution in [3.8, 4) is 6.07 Å². The van der Waals surface area contributed by atoms with Crippen molar-refractivity contribution < 1.29 is 4.79 Å². The molecule has 2 rings (SSSR count). The third-order valence-corrected chi connectivity index (χ3v) is 2.89. The number of nitrogens with zero attached hydrogens (tertiary/aromatic N) is 2.